The number of hydrogen-bond acceptors (Lipinski definition) is 4. The fourth-order valence-corrected chi connectivity index (χ4v) is 4.40. The Morgan fingerprint density at radius 2 is 1.91 bits per heavy atom. The summed E-state index contributed by atoms with van der Waals surface area (Å²) in [4.78, 5) is 33.4. The minimum Gasteiger partial charge on any atom is -0.459 e. The number of esters is 1. The van der Waals surface area contributed by atoms with E-state index in [9.17, 15) is 9.59 Å². The second kappa shape index (κ2) is 10.1. The van der Waals surface area contributed by atoms with E-state index in [1.165, 1.54) is 16.7 Å². The number of amides is 2. The van der Waals surface area contributed by atoms with Crippen LogP contribution in [0.15, 0.2) is 54.7 Å². The molecule has 1 fully saturated rings. The van der Waals surface area contributed by atoms with Gasteiger partial charge in [0.15, 0.2) is 5.67 Å². The number of rotatable bonds is 7. The number of carbonyl (C=O) groups is 2. The summed E-state index contributed by atoms with van der Waals surface area (Å²) in [6.07, 6.45) is 2.78. The van der Waals surface area contributed by atoms with Crippen molar-refractivity contribution in [1.82, 2.24) is 14.8 Å². The molecular weight excluding hydrogens is 409 g/mol. The maximum Gasteiger partial charge on any atom is 0.329 e. The first kappa shape index (κ1) is 23.7. The zero-order valence-corrected chi connectivity index (χ0v) is 19.2. The van der Waals surface area contributed by atoms with Gasteiger partial charge < -0.3 is 14.5 Å². The molecule has 0 saturated carbocycles. The molecule has 0 radical (unpaired) electrons. The van der Waals surface area contributed by atoms with Crippen LogP contribution in [0.5, 0.6) is 0 Å². The average molecular weight is 442 g/mol. The molecule has 1 aromatic heterocycles. The topological polar surface area (TPSA) is 62.7 Å². The molecule has 1 aliphatic rings. The van der Waals surface area contributed by atoms with Gasteiger partial charge in [0.25, 0.3) is 0 Å². The second-order valence-electron chi connectivity index (χ2n) is 8.82. The Balaban J connectivity index is 1.74. The normalized spacial score (nSPS) is 18.8. The van der Waals surface area contributed by atoms with E-state index >= 15 is 4.39 Å². The molecule has 0 aliphatic carbocycles. The Hall–Kier alpha value is -2.96. The van der Waals surface area contributed by atoms with Crippen molar-refractivity contribution in [2.45, 2.75) is 58.0 Å². The van der Waals surface area contributed by atoms with Gasteiger partial charge in [-0.25, -0.2) is 14.0 Å². The van der Waals surface area contributed by atoms with Crippen molar-refractivity contribution in [1.29, 1.82) is 0 Å². The van der Waals surface area contributed by atoms with Crippen LogP contribution in [-0.2, 0) is 21.8 Å². The van der Waals surface area contributed by atoms with E-state index in [0.717, 1.165) is 5.56 Å². The van der Waals surface area contributed by atoms with Crippen LogP contribution in [0.2, 0.25) is 0 Å². The van der Waals surface area contributed by atoms with Crippen LogP contribution >= 0.6 is 0 Å². The Kier molecular flexibility index (Phi) is 7.48. The van der Waals surface area contributed by atoms with Gasteiger partial charge in [-0.1, -0.05) is 50.2 Å². The molecule has 0 N–H and O–H groups in total. The lowest BCUT2D eigenvalue weighted by Crippen LogP contribution is -2.55. The molecule has 0 spiro atoms. The number of ether oxygens (including phenoxy) is 1. The molecule has 1 unspecified atom stereocenters. The predicted molar refractivity (Wildman–Crippen MR) is 120 cm³/mol. The molecular formula is C25H32FN3O3. The Labute approximate surface area is 189 Å². The zero-order chi connectivity index (χ0) is 23.3. The summed E-state index contributed by atoms with van der Waals surface area (Å²) in [7, 11) is 1.59. The molecule has 0 bridgehead atoms. The highest BCUT2D eigenvalue weighted by molar-refractivity contribution is 5.84. The van der Waals surface area contributed by atoms with Crippen LogP contribution in [-0.4, -0.2) is 52.5 Å². The maximum absolute atomic E-state index is 15.9. The molecule has 3 atom stereocenters. The fourth-order valence-electron chi connectivity index (χ4n) is 4.40. The standard InChI is InChI=1S/C25H32FN3O3/c1-18(2)22(23(30)32-17-19-11-6-5-7-12-19)28(4)24(31)29-16-10-14-21(29)25(3,26)20-13-8-9-15-27-20/h5-9,11-13,15,18,21-22H,10,14,16-17H2,1-4H3/t21-,22+,25?/m1/s1. The zero-order valence-electron chi connectivity index (χ0n) is 19.2. The molecule has 1 aromatic carbocycles. The van der Waals surface area contributed by atoms with E-state index in [4.69, 9.17) is 4.74 Å². The summed E-state index contributed by atoms with van der Waals surface area (Å²) in [5.74, 6) is -0.635. The molecule has 1 saturated heterocycles. The smallest absolute Gasteiger partial charge is 0.329 e. The number of halogens is 1. The highest BCUT2D eigenvalue weighted by Crippen LogP contribution is 2.37. The largest absolute Gasteiger partial charge is 0.459 e. The first-order valence-corrected chi connectivity index (χ1v) is 11.1. The number of benzene rings is 1. The van der Waals surface area contributed by atoms with E-state index in [2.05, 4.69) is 4.98 Å². The third-order valence-corrected chi connectivity index (χ3v) is 6.11. The number of alkyl halides is 1. The van der Waals surface area contributed by atoms with E-state index in [0.29, 0.717) is 25.1 Å². The van der Waals surface area contributed by atoms with Crippen LogP contribution < -0.4 is 0 Å². The van der Waals surface area contributed by atoms with Crippen molar-refractivity contribution >= 4 is 12.0 Å². The Morgan fingerprint density at radius 1 is 1.22 bits per heavy atom. The van der Waals surface area contributed by atoms with E-state index < -0.39 is 23.7 Å². The molecule has 2 heterocycles. The summed E-state index contributed by atoms with van der Waals surface area (Å²) in [5.41, 5.74) is -0.620. The number of urea groups is 1. The predicted octanol–water partition coefficient (Wildman–Crippen LogP) is 4.55. The molecule has 32 heavy (non-hydrogen) atoms. The van der Waals surface area contributed by atoms with Gasteiger partial charge in [-0.2, -0.15) is 0 Å². The van der Waals surface area contributed by atoms with Crippen LogP contribution in [0.1, 0.15) is 44.9 Å². The quantitative estimate of drug-likeness (QED) is 0.592. The summed E-state index contributed by atoms with van der Waals surface area (Å²) in [5, 5.41) is 0. The molecule has 172 valence electrons. The van der Waals surface area contributed by atoms with Crippen LogP contribution in [0.3, 0.4) is 0 Å². The molecule has 3 rings (SSSR count). The van der Waals surface area contributed by atoms with E-state index in [-0.39, 0.29) is 18.6 Å². The van der Waals surface area contributed by atoms with Crippen molar-refractivity contribution in [2.75, 3.05) is 13.6 Å². The lowest BCUT2D eigenvalue weighted by molar-refractivity contribution is -0.151. The van der Waals surface area contributed by atoms with Crippen LogP contribution in [0.25, 0.3) is 0 Å². The molecule has 1 aliphatic heterocycles. The number of aromatic nitrogens is 1. The number of likely N-dealkylation sites (tertiary alicyclic amines) is 1. The third-order valence-electron chi connectivity index (χ3n) is 6.11. The van der Waals surface area contributed by atoms with Gasteiger partial charge in [-0.05, 0) is 43.4 Å². The summed E-state index contributed by atoms with van der Waals surface area (Å²) < 4.78 is 21.4. The number of hydrogen-bond donors (Lipinski definition) is 0. The summed E-state index contributed by atoms with van der Waals surface area (Å²) in [6, 6.07) is 12.7. The van der Waals surface area contributed by atoms with Crippen molar-refractivity contribution in [3.63, 3.8) is 0 Å². The number of pyridine rings is 1. The number of likely N-dealkylation sites (N-methyl/N-ethyl adjacent to an activating group) is 1. The highest BCUT2D eigenvalue weighted by atomic mass is 19.1. The summed E-state index contributed by atoms with van der Waals surface area (Å²) in [6.45, 7) is 5.78. The molecule has 2 amide bonds. The second-order valence-corrected chi connectivity index (χ2v) is 8.82. The van der Waals surface area contributed by atoms with Gasteiger partial charge in [0.05, 0.1) is 11.7 Å². The molecule has 2 aromatic rings. The lowest BCUT2D eigenvalue weighted by Gasteiger charge is -2.38. The highest BCUT2D eigenvalue weighted by Gasteiger charge is 2.47. The lowest BCUT2D eigenvalue weighted by atomic mass is 9.92. The van der Waals surface area contributed by atoms with E-state index in [1.54, 1.807) is 31.4 Å². The van der Waals surface area contributed by atoms with Gasteiger partial charge >= 0.3 is 12.0 Å². The average Bonchev–Trinajstić information content (AvgIpc) is 3.29. The van der Waals surface area contributed by atoms with Crippen molar-refractivity contribution < 1.29 is 18.7 Å². The maximum atomic E-state index is 15.9. The fraction of sp³-hybridized carbons (Fsp3) is 0.480. The Bertz CT molecular complexity index is 905. The minimum atomic E-state index is -1.80. The Morgan fingerprint density at radius 3 is 2.53 bits per heavy atom. The molecule has 6 nitrogen and oxygen atoms in total. The van der Waals surface area contributed by atoms with Crippen molar-refractivity contribution in [3.05, 3.63) is 66.0 Å². The van der Waals surface area contributed by atoms with Gasteiger partial charge in [-0.3, -0.25) is 4.98 Å². The van der Waals surface area contributed by atoms with Crippen LogP contribution in [0.4, 0.5) is 9.18 Å². The first-order valence-electron chi connectivity index (χ1n) is 11.1. The van der Waals surface area contributed by atoms with Gasteiger partial charge in [0, 0.05) is 19.8 Å². The molecule has 7 heteroatoms. The third kappa shape index (κ3) is 5.09. The number of carbonyl (C=O) groups excluding carboxylic acids is 2. The monoisotopic (exact) mass is 441 g/mol. The summed E-state index contributed by atoms with van der Waals surface area (Å²) >= 11 is 0. The van der Waals surface area contributed by atoms with Crippen LogP contribution in [0, 0.1) is 5.92 Å². The number of nitrogens with zero attached hydrogens (tertiary/aromatic N) is 3. The first-order chi connectivity index (χ1) is 15.2. The SMILES string of the molecule is CC(C)[C@@H](C(=O)OCc1ccccc1)N(C)C(=O)N1CCC[C@@H]1C(C)(F)c1ccccn1. The van der Waals surface area contributed by atoms with Crippen molar-refractivity contribution in [3.8, 4) is 0 Å². The minimum absolute atomic E-state index is 0.138. The van der Waals surface area contributed by atoms with E-state index in [1.807, 2.05) is 44.2 Å². The van der Waals surface area contributed by atoms with Gasteiger partial charge in [-0.15, -0.1) is 0 Å². The van der Waals surface area contributed by atoms with Crippen molar-refractivity contribution in [2.24, 2.45) is 5.92 Å². The van der Waals surface area contributed by atoms with Gasteiger partial charge in [0.2, 0.25) is 0 Å². The van der Waals surface area contributed by atoms with Gasteiger partial charge in [0.1, 0.15) is 12.6 Å².